The molecule has 0 aromatic heterocycles. The molecule has 2 nitrogen and oxygen atoms in total. The molecular weight excluding hydrogens is 268 g/mol. The van der Waals surface area contributed by atoms with Crippen LogP contribution in [-0.2, 0) is 19.4 Å². The highest BCUT2D eigenvalue weighted by molar-refractivity contribution is 5.39. The first-order chi connectivity index (χ1) is 10.8. The summed E-state index contributed by atoms with van der Waals surface area (Å²) in [7, 11) is 0. The Kier molecular flexibility index (Phi) is 3.63. The Labute approximate surface area is 132 Å². The fourth-order valence-corrected chi connectivity index (χ4v) is 4.15. The van der Waals surface area contributed by atoms with E-state index in [1.165, 1.54) is 37.8 Å². The molecular formula is C20H24N2. The third-order valence-corrected chi connectivity index (χ3v) is 5.37. The van der Waals surface area contributed by atoms with Crippen molar-refractivity contribution in [2.75, 3.05) is 12.3 Å². The number of rotatable bonds is 2. The minimum Gasteiger partial charge on any atom is -0.399 e. The Morgan fingerprint density at radius 3 is 2.41 bits per heavy atom. The molecule has 2 aromatic rings. The van der Waals surface area contributed by atoms with Crippen LogP contribution in [-0.4, -0.2) is 17.5 Å². The SMILES string of the molecule is Nc1ccc(CN2C[C@@H]3CC[C@H]2Cc2ccccc2C3)cc1. The Morgan fingerprint density at radius 1 is 0.909 bits per heavy atom. The van der Waals surface area contributed by atoms with Gasteiger partial charge in [-0.2, -0.15) is 0 Å². The smallest absolute Gasteiger partial charge is 0.0314 e. The van der Waals surface area contributed by atoms with Crippen molar-refractivity contribution < 1.29 is 0 Å². The second-order valence-electron chi connectivity index (χ2n) is 6.95. The number of hydrogen-bond donors (Lipinski definition) is 1. The number of anilines is 1. The van der Waals surface area contributed by atoms with Gasteiger partial charge < -0.3 is 5.73 Å². The van der Waals surface area contributed by atoms with Gasteiger partial charge in [-0.1, -0.05) is 36.4 Å². The summed E-state index contributed by atoms with van der Waals surface area (Å²) in [4.78, 5) is 2.70. The van der Waals surface area contributed by atoms with E-state index in [0.717, 1.165) is 18.2 Å². The molecule has 2 heteroatoms. The summed E-state index contributed by atoms with van der Waals surface area (Å²) in [6.07, 6.45) is 5.18. The van der Waals surface area contributed by atoms with E-state index in [0.29, 0.717) is 6.04 Å². The van der Waals surface area contributed by atoms with E-state index in [9.17, 15) is 0 Å². The normalized spacial score (nSPS) is 24.5. The highest BCUT2D eigenvalue weighted by atomic mass is 15.2. The van der Waals surface area contributed by atoms with Crippen LogP contribution in [0.3, 0.4) is 0 Å². The zero-order valence-corrected chi connectivity index (χ0v) is 13.0. The molecule has 1 saturated heterocycles. The van der Waals surface area contributed by atoms with Gasteiger partial charge in [-0.15, -0.1) is 0 Å². The molecule has 0 amide bonds. The van der Waals surface area contributed by atoms with E-state index >= 15 is 0 Å². The Hall–Kier alpha value is -1.80. The predicted molar refractivity (Wildman–Crippen MR) is 91.6 cm³/mol. The summed E-state index contributed by atoms with van der Waals surface area (Å²) in [5.74, 6) is 0.812. The fourth-order valence-electron chi connectivity index (χ4n) is 4.15. The first kappa shape index (κ1) is 13.8. The van der Waals surface area contributed by atoms with Gasteiger partial charge in [-0.05, 0) is 60.4 Å². The summed E-state index contributed by atoms with van der Waals surface area (Å²) >= 11 is 0. The standard InChI is InChI=1S/C20H24N2/c21-19-8-5-15(6-9-19)13-22-14-16-7-10-20(22)12-18-4-2-1-3-17(18)11-16/h1-6,8-9,16,20H,7,10-14,21H2/t16-,20+/m1/s1. The molecule has 114 valence electrons. The second-order valence-corrected chi connectivity index (χ2v) is 6.95. The van der Waals surface area contributed by atoms with Gasteiger partial charge >= 0.3 is 0 Å². The summed E-state index contributed by atoms with van der Waals surface area (Å²) in [5, 5.41) is 0. The molecule has 2 bridgehead atoms. The molecule has 2 heterocycles. The molecule has 2 aromatic carbocycles. The maximum Gasteiger partial charge on any atom is 0.0314 e. The van der Waals surface area contributed by atoms with Gasteiger partial charge in [-0.3, -0.25) is 4.90 Å². The average molecular weight is 292 g/mol. The summed E-state index contributed by atoms with van der Waals surface area (Å²) in [6.45, 7) is 2.30. The third kappa shape index (κ3) is 2.76. The van der Waals surface area contributed by atoms with E-state index in [2.05, 4.69) is 41.3 Å². The lowest BCUT2D eigenvalue weighted by Crippen LogP contribution is -2.46. The highest BCUT2D eigenvalue weighted by Gasteiger charge is 2.31. The lowest BCUT2D eigenvalue weighted by atomic mass is 9.80. The fraction of sp³-hybridized carbons (Fsp3) is 0.400. The number of piperidine rings is 1. The number of nitrogens with two attached hydrogens (primary N) is 1. The number of fused-ring (bicyclic) bond motifs is 2. The summed E-state index contributed by atoms with van der Waals surface area (Å²) in [5.41, 5.74) is 11.2. The Morgan fingerprint density at radius 2 is 1.64 bits per heavy atom. The van der Waals surface area contributed by atoms with Gasteiger partial charge in [0.05, 0.1) is 0 Å². The van der Waals surface area contributed by atoms with Crippen LogP contribution in [0.5, 0.6) is 0 Å². The van der Waals surface area contributed by atoms with Crippen molar-refractivity contribution in [1.29, 1.82) is 0 Å². The molecule has 0 unspecified atom stereocenters. The van der Waals surface area contributed by atoms with E-state index in [-0.39, 0.29) is 0 Å². The van der Waals surface area contributed by atoms with Gasteiger partial charge in [-0.25, -0.2) is 0 Å². The van der Waals surface area contributed by atoms with Gasteiger partial charge in [0, 0.05) is 24.8 Å². The number of benzene rings is 2. The van der Waals surface area contributed by atoms with Crippen LogP contribution in [0.4, 0.5) is 5.69 Å². The van der Waals surface area contributed by atoms with Crippen molar-refractivity contribution >= 4 is 5.69 Å². The van der Waals surface area contributed by atoms with E-state index in [1.807, 2.05) is 12.1 Å². The maximum atomic E-state index is 5.81. The molecule has 2 atom stereocenters. The van der Waals surface area contributed by atoms with E-state index in [1.54, 1.807) is 11.1 Å². The van der Waals surface area contributed by atoms with Crippen LogP contribution >= 0.6 is 0 Å². The minimum absolute atomic E-state index is 0.690. The van der Waals surface area contributed by atoms with Crippen molar-refractivity contribution in [1.82, 2.24) is 4.90 Å². The lowest BCUT2D eigenvalue weighted by molar-refractivity contribution is 0.0938. The molecule has 2 N–H and O–H groups in total. The number of hydrogen-bond acceptors (Lipinski definition) is 2. The van der Waals surface area contributed by atoms with Crippen molar-refractivity contribution in [2.24, 2.45) is 5.92 Å². The zero-order valence-electron chi connectivity index (χ0n) is 13.0. The lowest BCUT2D eigenvalue weighted by Gasteiger charge is -2.42. The number of nitrogen functional groups attached to an aromatic ring is 1. The molecule has 5 rings (SSSR count). The zero-order chi connectivity index (χ0) is 14.9. The third-order valence-electron chi connectivity index (χ3n) is 5.37. The van der Waals surface area contributed by atoms with Crippen LogP contribution in [0.25, 0.3) is 0 Å². The molecule has 2 aliphatic heterocycles. The molecule has 0 radical (unpaired) electrons. The van der Waals surface area contributed by atoms with Crippen molar-refractivity contribution in [3.63, 3.8) is 0 Å². The topological polar surface area (TPSA) is 29.3 Å². The monoisotopic (exact) mass is 292 g/mol. The van der Waals surface area contributed by atoms with E-state index in [4.69, 9.17) is 5.73 Å². The largest absolute Gasteiger partial charge is 0.399 e. The predicted octanol–water partition coefficient (Wildman–Crippen LogP) is 3.65. The maximum absolute atomic E-state index is 5.81. The minimum atomic E-state index is 0.690. The van der Waals surface area contributed by atoms with Gasteiger partial charge in [0.2, 0.25) is 0 Å². The van der Waals surface area contributed by atoms with Crippen molar-refractivity contribution in [3.8, 4) is 0 Å². The van der Waals surface area contributed by atoms with Crippen molar-refractivity contribution in [2.45, 2.75) is 38.3 Å². The molecule has 3 aliphatic rings. The molecule has 1 aliphatic carbocycles. The molecule has 0 saturated carbocycles. The van der Waals surface area contributed by atoms with Crippen LogP contribution in [0.2, 0.25) is 0 Å². The van der Waals surface area contributed by atoms with Crippen LogP contribution < -0.4 is 5.73 Å². The first-order valence-electron chi connectivity index (χ1n) is 8.43. The molecule has 1 fully saturated rings. The van der Waals surface area contributed by atoms with E-state index < -0.39 is 0 Å². The van der Waals surface area contributed by atoms with Crippen molar-refractivity contribution in [3.05, 3.63) is 65.2 Å². The number of nitrogens with zero attached hydrogens (tertiary/aromatic N) is 1. The average Bonchev–Trinajstić information content (AvgIpc) is 2.50. The Balaban J connectivity index is 1.57. The molecule has 22 heavy (non-hydrogen) atoms. The quantitative estimate of drug-likeness (QED) is 0.856. The van der Waals surface area contributed by atoms with Crippen LogP contribution in [0, 0.1) is 5.92 Å². The Bertz CT molecular complexity index is 647. The van der Waals surface area contributed by atoms with Gasteiger partial charge in [0.15, 0.2) is 0 Å². The molecule has 0 spiro atoms. The van der Waals surface area contributed by atoms with Gasteiger partial charge in [0.25, 0.3) is 0 Å². The summed E-state index contributed by atoms with van der Waals surface area (Å²) < 4.78 is 0. The first-order valence-corrected chi connectivity index (χ1v) is 8.43. The second kappa shape index (κ2) is 5.77. The summed E-state index contributed by atoms with van der Waals surface area (Å²) in [6, 6.07) is 18.1. The van der Waals surface area contributed by atoms with Crippen LogP contribution in [0.15, 0.2) is 48.5 Å². The van der Waals surface area contributed by atoms with Crippen LogP contribution in [0.1, 0.15) is 29.5 Å². The highest BCUT2D eigenvalue weighted by Crippen LogP contribution is 2.33. The van der Waals surface area contributed by atoms with Gasteiger partial charge in [0.1, 0.15) is 0 Å².